The van der Waals surface area contributed by atoms with Crippen molar-refractivity contribution in [3.8, 4) is 55.6 Å². The highest BCUT2D eigenvalue weighted by Crippen LogP contribution is 2.55. The molecule has 1 aliphatic rings. The van der Waals surface area contributed by atoms with Gasteiger partial charge in [-0.15, -0.1) is 0 Å². The lowest BCUT2D eigenvalue weighted by molar-refractivity contribution is 0.714. The zero-order chi connectivity index (χ0) is 43.3. The van der Waals surface area contributed by atoms with Crippen molar-refractivity contribution < 1.29 is 0 Å². The minimum Gasteiger partial charge on any atom is -0.309 e. The largest absolute Gasteiger partial charge is 0.309 e. The summed E-state index contributed by atoms with van der Waals surface area (Å²) >= 11 is 0. The van der Waals surface area contributed by atoms with Crippen molar-refractivity contribution in [1.29, 1.82) is 0 Å². The van der Waals surface area contributed by atoms with Crippen molar-refractivity contribution in [2.24, 2.45) is 0 Å². The zero-order valence-corrected chi connectivity index (χ0v) is 36.2. The van der Waals surface area contributed by atoms with E-state index in [4.69, 9.17) is 0 Å². The SMILES string of the molecule is CC1(c2ccccc2)c2ccccc2-c2cc(N(c3ccc4c(c3)c(-c3ccccc3)c(-c3ccccc3)c3ccccc34)c3c(-c4ccccc4)cccc3-c3ccccc3)ccc21. The normalized spacial score (nSPS) is 14.0. The first-order valence-electron chi connectivity index (χ1n) is 22.6. The molecule has 12 rings (SSSR count). The molecule has 1 nitrogen and oxygen atoms in total. The molecular formula is C64H45N. The molecule has 306 valence electrons. The maximum atomic E-state index is 2.54. The molecule has 0 N–H and O–H groups in total. The number of rotatable bonds is 8. The smallest absolute Gasteiger partial charge is 0.0618 e. The number of fused-ring (bicyclic) bond motifs is 6. The minimum atomic E-state index is -0.309. The maximum Gasteiger partial charge on any atom is 0.0618 e. The average molecular weight is 828 g/mol. The first kappa shape index (κ1) is 38.4. The molecule has 65 heavy (non-hydrogen) atoms. The summed E-state index contributed by atoms with van der Waals surface area (Å²) in [6.45, 7) is 2.39. The molecule has 0 radical (unpaired) electrons. The summed E-state index contributed by atoms with van der Waals surface area (Å²) in [5, 5.41) is 4.92. The third kappa shape index (κ3) is 6.31. The Hall–Kier alpha value is -8.26. The lowest BCUT2D eigenvalue weighted by Crippen LogP contribution is -2.22. The van der Waals surface area contributed by atoms with Crippen LogP contribution in [0.15, 0.2) is 255 Å². The molecule has 11 aromatic rings. The van der Waals surface area contributed by atoms with Crippen LogP contribution in [0, 0.1) is 0 Å². The highest BCUT2D eigenvalue weighted by atomic mass is 15.1. The minimum absolute atomic E-state index is 0.309. The molecule has 0 saturated heterocycles. The summed E-state index contributed by atoms with van der Waals surface area (Å²) in [7, 11) is 0. The lowest BCUT2D eigenvalue weighted by Gasteiger charge is -2.32. The van der Waals surface area contributed by atoms with Gasteiger partial charge in [-0.1, -0.05) is 231 Å². The number of benzene rings is 11. The fourth-order valence-electron chi connectivity index (χ4n) is 10.7. The summed E-state index contributed by atoms with van der Waals surface area (Å²) in [6, 6.07) is 93.7. The Kier molecular flexibility index (Phi) is 9.35. The van der Waals surface area contributed by atoms with Gasteiger partial charge in [0, 0.05) is 27.9 Å². The Bertz CT molecular complexity index is 3470. The second-order valence-corrected chi connectivity index (χ2v) is 17.3. The first-order valence-corrected chi connectivity index (χ1v) is 22.6. The molecular weight excluding hydrogens is 783 g/mol. The number of hydrogen-bond donors (Lipinski definition) is 0. The van der Waals surface area contributed by atoms with E-state index in [9.17, 15) is 0 Å². The third-order valence-electron chi connectivity index (χ3n) is 13.7. The zero-order valence-electron chi connectivity index (χ0n) is 36.2. The Balaban J connectivity index is 1.20. The van der Waals surface area contributed by atoms with Crippen LogP contribution in [0.3, 0.4) is 0 Å². The molecule has 0 fully saturated rings. The van der Waals surface area contributed by atoms with Crippen molar-refractivity contribution in [2.75, 3.05) is 4.90 Å². The maximum absolute atomic E-state index is 2.54. The van der Waals surface area contributed by atoms with Crippen molar-refractivity contribution in [3.05, 3.63) is 271 Å². The second-order valence-electron chi connectivity index (χ2n) is 17.3. The van der Waals surface area contributed by atoms with Gasteiger partial charge in [0.1, 0.15) is 0 Å². The van der Waals surface area contributed by atoms with E-state index in [-0.39, 0.29) is 5.41 Å². The lowest BCUT2D eigenvalue weighted by atomic mass is 9.74. The highest BCUT2D eigenvalue weighted by Gasteiger charge is 2.41. The van der Waals surface area contributed by atoms with E-state index in [0.29, 0.717) is 0 Å². The van der Waals surface area contributed by atoms with E-state index in [0.717, 1.165) is 39.3 Å². The monoisotopic (exact) mass is 827 g/mol. The van der Waals surface area contributed by atoms with E-state index in [1.165, 1.54) is 71.6 Å². The van der Waals surface area contributed by atoms with Gasteiger partial charge in [-0.2, -0.15) is 0 Å². The molecule has 0 saturated carbocycles. The van der Waals surface area contributed by atoms with Crippen LogP contribution in [-0.4, -0.2) is 0 Å². The van der Waals surface area contributed by atoms with Gasteiger partial charge in [0.05, 0.1) is 5.69 Å². The molecule has 0 aromatic heterocycles. The van der Waals surface area contributed by atoms with Crippen molar-refractivity contribution in [1.82, 2.24) is 0 Å². The van der Waals surface area contributed by atoms with E-state index in [2.05, 4.69) is 267 Å². The summed E-state index contributed by atoms with van der Waals surface area (Å²) in [4.78, 5) is 2.54. The van der Waals surface area contributed by atoms with Crippen LogP contribution in [0.25, 0.3) is 77.2 Å². The highest BCUT2D eigenvalue weighted by molar-refractivity contribution is 6.22. The fourth-order valence-corrected chi connectivity index (χ4v) is 10.7. The van der Waals surface area contributed by atoms with Crippen LogP contribution in [0.4, 0.5) is 17.1 Å². The second kappa shape index (κ2) is 15.8. The van der Waals surface area contributed by atoms with Crippen LogP contribution < -0.4 is 4.90 Å². The predicted molar refractivity (Wildman–Crippen MR) is 275 cm³/mol. The first-order chi connectivity index (χ1) is 32.2. The van der Waals surface area contributed by atoms with Crippen LogP contribution in [0.2, 0.25) is 0 Å². The summed E-state index contributed by atoms with van der Waals surface area (Å²) in [5.74, 6) is 0. The Morgan fingerprint density at radius 2 is 0.723 bits per heavy atom. The van der Waals surface area contributed by atoms with Crippen molar-refractivity contribution >= 4 is 38.6 Å². The van der Waals surface area contributed by atoms with Crippen LogP contribution in [-0.2, 0) is 5.41 Å². The Morgan fingerprint density at radius 1 is 0.292 bits per heavy atom. The van der Waals surface area contributed by atoms with E-state index >= 15 is 0 Å². The standard InChI is InChI=1S/C64H45N/c1-64(48-30-15-6-16-31-48)59-37-20-19-33-55(59)57-42-50(39-41-60(57)64)65(63-51(44-22-7-2-8-23-44)35-21-36-52(63)45-24-9-3-10-25-45)49-38-40-54-53-32-17-18-34-56(53)61(46-26-11-4-12-27-46)62(58(54)43-49)47-28-13-5-14-29-47/h2-43H,1H3. The molecule has 1 unspecified atom stereocenters. The van der Waals surface area contributed by atoms with Gasteiger partial charge in [-0.05, 0) is 114 Å². The van der Waals surface area contributed by atoms with Crippen LogP contribution in [0.1, 0.15) is 23.6 Å². The predicted octanol–water partition coefficient (Wildman–Crippen LogP) is 17.5. The molecule has 1 aliphatic carbocycles. The van der Waals surface area contributed by atoms with Gasteiger partial charge in [0.15, 0.2) is 0 Å². The average Bonchev–Trinajstić information content (AvgIpc) is 3.65. The fraction of sp³-hybridized carbons (Fsp3) is 0.0312. The number of hydrogen-bond acceptors (Lipinski definition) is 1. The van der Waals surface area contributed by atoms with Gasteiger partial charge in [-0.25, -0.2) is 0 Å². The molecule has 0 aliphatic heterocycles. The van der Waals surface area contributed by atoms with Gasteiger partial charge in [0.2, 0.25) is 0 Å². The van der Waals surface area contributed by atoms with E-state index in [1.807, 2.05) is 0 Å². The molecule has 0 bridgehead atoms. The van der Waals surface area contributed by atoms with Gasteiger partial charge in [0.25, 0.3) is 0 Å². The van der Waals surface area contributed by atoms with Crippen molar-refractivity contribution in [2.45, 2.75) is 12.3 Å². The summed E-state index contributed by atoms with van der Waals surface area (Å²) in [6.07, 6.45) is 0. The third-order valence-corrected chi connectivity index (χ3v) is 13.7. The van der Waals surface area contributed by atoms with Crippen LogP contribution >= 0.6 is 0 Å². The quantitative estimate of drug-likeness (QED) is 0.138. The molecule has 1 atom stereocenters. The molecule has 1 heteroatoms. The Morgan fingerprint density at radius 3 is 1.34 bits per heavy atom. The number of para-hydroxylation sites is 1. The summed E-state index contributed by atoms with van der Waals surface area (Å²) < 4.78 is 0. The van der Waals surface area contributed by atoms with Gasteiger partial charge >= 0.3 is 0 Å². The number of nitrogens with zero attached hydrogens (tertiary/aromatic N) is 1. The topological polar surface area (TPSA) is 3.24 Å². The van der Waals surface area contributed by atoms with Gasteiger partial charge in [-0.3, -0.25) is 0 Å². The van der Waals surface area contributed by atoms with Crippen LogP contribution in [0.5, 0.6) is 0 Å². The van der Waals surface area contributed by atoms with Gasteiger partial charge < -0.3 is 4.90 Å². The molecule has 11 aromatic carbocycles. The molecule has 0 spiro atoms. The van der Waals surface area contributed by atoms with E-state index < -0.39 is 0 Å². The van der Waals surface area contributed by atoms with E-state index in [1.54, 1.807) is 0 Å². The van der Waals surface area contributed by atoms with Crippen molar-refractivity contribution in [3.63, 3.8) is 0 Å². The Labute approximate surface area is 381 Å². The summed E-state index contributed by atoms with van der Waals surface area (Å²) in [5.41, 5.74) is 19.0. The molecule has 0 amide bonds. The number of anilines is 3. The molecule has 0 heterocycles.